The Kier molecular flexibility index (Phi) is 1.89. The van der Waals surface area contributed by atoms with Crippen molar-refractivity contribution in [3.8, 4) is 0 Å². The van der Waals surface area contributed by atoms with Crippen LogP contribution < -0.4 is 0 Å². The van der Waals surface area contributed by atoms with Gasteiger partial charge in [0.1, 0.15) is 5.82 Å². The molecule has 1 N–H and O–H groups in total. The lowest BCUT2D eigenvalue weighted by molar-refractivity contribution is -0.138. The van der Waals surface area contributed by atoms with Crippen molar-refractivity contribution in [3.05, 3.63) is 36.3 Å². The van der Waals surface area contributed by atoms with Gasteiger partial charge in [0.15, 0.2) is 0 Å². The third-order valence-electron chi connectivity index (χ3n) is 2.95. The fraction of sp³-hybridized carbons (Fsp3) is 0.250. The minimum absolute atomic E-state index is 0.00195. The van der Waals surface area contributed by atoms with E-state index in [0.29, 0.717) is 12.2 Å². The number of carboxylic acids is 1. The van der Waals surface area contributed by atoms with Crippen molar-refractivity contribution >= 4 is 16.9 Å². The van der Waals surface area contributed by atoms with E-state index in [1.807, 2.05) is 24.3 Å². The Labute approximate surface area is 92.0 Å². The van der Waals surface area contributed by atoms with Crippen LogP contribution in [0, 0.1) is 5.92 Å². The van der Waals surface area contributed by atoms with E-state index in [4.69, 9.17) is 5.11 Å². The number of rotatable bonds is 2. The zero-order valence-electron chi connectivity index (χ0n) is 8.50. The molecule has 1 aromatic carbocycles. The van der Waals surface area contributed by atoms with Crippen molar-refractivity contribution in [1.82, 2.24) is 9.97 Å². The summed E-state index contributed by atoms with van der Waals surface area (Å²) in [6.45, 7) is 0. The topological polar surface area (TPSA) is 63.1 Å². The minimum Gasteiger partial charge on any atom is -0.481 e. The van der Waals surface area contributed by atoms with Crippen LogP contribution in [0.25, 0.3) is 10.9 Å². The maximum Gasteiger partial charge on any atom is 0.307 e. The number of aliphatic carboxylic acids is 1. The van der Waals surface area contributed by atoms with Crippen molar-refractivity contribution in [1.29, 1.82) is 0 Å². The Morgan fingerprint density at radius 1 is 1.38 bits per heavy atom. The number of fused-ring (bicyclic) bond motifs is 1. The number of hydrogen-bond donors (Lipinski definition) is 1. The standard InChI is InChI=1S/C12H10N2O2/c15-12(16)9-5-8(9)11-13-6-7-3-1-2-4-10(7)14-11/h1-4,6,8-9H,5H2,(H,15,16)/t8-,9-/m0/s1. The molecule has 4 nitrogen and oxygen atoms in total. The molecule has 0 amide bonds. The maximum atomic E-state index is 10.8. The van der Waals surface area contributed by atoms with Crippen LogP contribution >= 0.6 is 0 Å². The third-order valence-corrected chi connectivity index (χ3v) is 2.95. The van der Waals surface area contributed by atoms with Crippen LogP contribution in [0.4, 0.5) is 0 Å². The average molecular weight is 214 g/mol. The van der Waals surface area contributed by atoms with Crippen molar-refractivity contribution in [2.45, 2.75) is 12.3 Å². The van der Waals surface area contributed by atoms with E-state index in [-0.39, 0.29) is 11.8 Å². The Bertz CT molecular complexity index is 568. The second kappa shape index (κ2) is 3.27. The Balaban J connectivity index is 1.98. The van der Waals surface area contributed by atoms with Gasteiger partial charge in [0.25, 0.3) is 0 Å². The molecule has 1 saturated carbocycles. The summed E-state index contributed by atoms with van der Waals surface area (Å²) in [4.78, 5) is 19.4. The van der Waals surface area contributed by atoms with E-state index < -0.39 is 5.97 Å². The van der Waals surface area contributed by atoms with Crippen LogP contribution in [-0.4, -0.2) is 21.0 Å². The molecule has 1 heterocycles. The van der Waals surface area contributed by atoms with Crippen molar-refractivity contribution < 1.29 is 9.90 Å². The number of carboxylic acid groups (broad SMARTS) is 1. The first-order valence-corrected chi connectivity index (χ1v) is 5.20. The molecule has 0 radical (unpaired) electrons. The first-order chi connectivity index (χ1) is 7.75. The van der Waals surface area contributed by atoms with E-state index in [2.05, 4.69) is 9.97 Å². The lowest BCUT2D eigenvalue weighted by Crippen LogP contribution is -2.01. The van der Waals surface area contributed by atoms with Gasteiger partial charge in [0, 0.05) is 17.5 Å². The van der Waals surface area contributed by atoms with Gasteiger partial charge in [0.2, 0.25) is 0 Å². The highest BCUT2D eigenvalue weighted by Gasteiger charge is 2.46. The predicted octanol–water partition coefficient (Wildman–Crippen LogP) is 1.82. The van der Waals surface area contributed by atoms with Crippen LogP contribution in [0.2, 0.25) is 0 Å². The summed E-state index contributed by atoms with van der Waals surface area (Å²) in [5.41, 5.74) is 0.878. The normalized spacial score (nSPS) is 23.2. The Morgan fingerprint density at radius 3 is 2.94 bits per heavy atom. The number of nitrogens with zero attached hydrogens (tertiary/aromatic N) is 2. The van der Waals surface area contributed by atoms with Gasteiger partial charge in [-0.15, -0.1) is 0 Å². The van der Waals surface area contributed by atoms with Crippen molar-refractivity contribution in [2.75, 3.05) is 0 Å². The lowest BCUT2D eigenvalue weighted by atomic mass is 10.2. The second-order valence-electron chi connectivity index (χ2n) is 4.07. The maximum absolute atomic E-state index is 10.8. The zero-order chi connectivity index (χ0) is 11.1. The monoisotopic (exact) mass is 214 g/mol. The minimum atomic E-state index is -0.748. The predicted molar refractivity (Wildman–Crippen MR) is 58.0 cm³/mol. The summed E-state index contributed by atoms with van der Waals surface area (Å²) in [5.74, 6) is -0.379. The number of carbonyl (C=O) groups is 1. The smallest absolute Gasteiger partial charge is 0.307 e. The average Bonchev–Trinajstić information content (AvgIpc) is 3.08. The zero-order valence-corrected chi connectivity index (χ0v) is 8.50. The number of hydrogen-bond acceptors (Lipinski definition) is 3. The molecule has 16 heavy (non-hydrogen) atoms. The van der Waals surface area contributed by atoms with Crippen LogP contribution in [0.1, 0.15) is 18.2 Å². The van der Waals surface area contributed by atoms with E-state index >= 15 is 0 Å². The van der Waals surface area contributed by atoms with E-state index in [1.165, 1.54) is 0 Å². The fourth-order valence-corrected chi connectivity index (χ4v) is 1.92. The van der Waals surface area contributed by atoms with Crippen molar-refractivity contribution in [2.24, 2.45) is 5.92 Å². The highest BCUT2D eigenvalue weighted by atomic mass is 16.4. The molecule has 4 heteroatoms. The van der Waals surface area contributed by atoms with Crippen LogP contribution in [-0.2, 0) is 4.79 Å². The quantitative estimate of drug-likeness (QED) is 0.828. The molecular weight excluding hydrogens is 204 g/mol. The van der Waals surface area contributed by atoms with Gasteiger partial charge in [-0.05, 0) is 12.5 Å². The lowest BCUT2D eigenvalue weighted by Gasteiger charge is -1.99. The summed E-state index contributed by atoms with van der Waals surface area (Å²) in [6.07, 6.45) is 2.42. The summed E-state index contributed by atoms with van der Waals surface area (Å²) in [6, 6.07) is 7.71. The second-order valence-corrected chi connectivity index (χ2v) is 4.07. The molecule has 80 valence electrons. The molecule has 1 aliphatic carbocycles. The van der Waals surface area contributed by atoms with E-state index in [1.54, 1.807) is 6.20 Å². The SMILES string of the molecule is O=C(O)[C@H]1C[C@@H]1c1ncc2ccccc2n1. The molecule has 0 spiro atoms. The molecule has 0 aliphatic heterocycles. The molecule has 0 unspecified atom stereocenters. The van der Waals surface area contributed by atoms with Crippen LogP contribution in [0.3, 0.4) is 0 Å². The summed E-state index contributed by atoms with van der Waals surface area (Å²) in [7, 11) is 0. The molecule has 1 aromatic heterocycles. The highest BCUT2D eigenvalue weighted by molar-refractivity contribution is 5.78. The number of aromatic nitrogens is 2. The first kappa shape index (κ1) is 9.27. The van der Waals surface area contributed by atoms with Gasteiger partial charge in [-0.3, -0.25) is 4.79 Å². The van der Waals surface area contributed by atoms with Gasteiger partial charge in [-0.1, -0.05) is 18.2 Å². The van der Waals surface area contributed by atoms with Gasteiger partial charge in [0.05, 0.1) is 11.4 Å². The van der Waals surface area contributed by atoms with Crippen LogP contribution in [0.15, 0.2) is 30.5 Å². The van der Waals surface area contributed by atoms with Crippen LogP contribution in [0.5, 0.6) is 0 Å². The molecule has 2 aromatic rings. The van der Waals surface area contributed by atoms with E-state index in [9.17, 15) is 4.79 Å². The van der Waals surface area contributed by atoms with Crippen molar-refractivity contribution in [3.63, 3.8) is 0 Å². The Hall–Kier alpha value is -1.97. The van der Waals surface area contributed by atoms with Gasteiger partial charge in [-0.2, -0.15) is 0 Å². The highest BCUT2D eigenvalue weighted by Crippen LogP contribution is 2.46. The fourth-order valence-electron chi connectivity index (χ4n) is 1.92. The summed E-state index contributed by atoms with van der Waals surface area (Å²) in [5, 5.41) is 9.83. The number of para-hydroxylation sites is 1. The molecule has 1 fully saturated rings. The third kappa shape index (κ3) is 1.43. The summed E-state index contributed by atoms with van der Waals surface area (Å²) < 4.78 is 0. The summed E-state index contributed by atoms with van der Waals surface area (Å²) >= 11 is 0. The Morgan fingerprint density at radius 2 is 2.19 bits per heavy atom. The number of benzene rings is 1. The van der Waals surface area contributed by atoms with Gasteiger partial charge < -0.3 is 5.11 Å². The van der Waals surface area contributed by atoms with Gasteiger partial charge >= 0.3 is 5.97 Å². The first-order valence-electron chi connectivity index (χ1n) is 5.20. The molecule has 2 atom stereocenters. The molecule has 0 bridgehead atoms. The molecule has 1 aliphatic rings. The largest absolute Gasteiger partial charge is 0.481 e. The molecule has 0 saturated heterocycles. The molecular formula is C12H10N2O2. The van der Waals surface area contributed by atoms with E-state index in [0.717, 1.165) is 10.9 Å². The molecule has 3 rings (SSSR count). The van der Waals surface area contributed by atoms with Gasteiger partial charge in [-0.25, -0.2) is 9.97 Å².